The van der Waals surface area contributed by atoms with Crippen molar-refractivity contribution in [3.05, 3.63) is 34.6 Å². The summed E-state index contributed by atoms with van der Waals surface area (Å²) in [6.07, 6.45) is 0.0982. The van der Waals surface area contributed by atoms with Gasteiger partial charge in [-0.3, -0.25) is 4.79 Å². The lowest BCUT2D eigenvalue weighted by molar-refractivity contribution is -0.141. The number of hydrogen-bond donors (Lipinski definition) is 1. The lowest BCUT2D eigenvalue weighted by Crippen LogP contribution is -2.16. The van der Waals surface area contributed by atoms with Crippen molar-refractivity contribution in [2.45, 2.75) is 26.3 Å². The summed E-state index contributed by atoms with van der Waals surface area (Å²) in [5.41, 5.74) is 7.66. The number of carbonyl (C=O) groups excluding carboxylic acids is 1. The van der Waals surface area contributed by atoms with Crippen LogP contribution in [0.15, 0.2) is 12.1 Å². The van der Waals surface area contributed by atoms with E-state index in [-0.39, 0.29) is 18.2 Å². The van der Waals surface area contributed by atoms with Crippen LogP contribution < -0.4 is 5.73 Å². The zero-order chi connectivity index (χ0) is 12.3. The molecule has 1 aromatic carbocycles. The molecule has 4 heteroatoms. The first-order chi connectivity index (χ1) is 7.45. The highest BCUT2D eigenvalue weighted by Gasteiger charge is 2.14. The molecule has 0 radical (unpaired) electrons. The lowest BCUT2D eigenvalue weighted by Gasteiger charge is -2.13. The van der Waals surface area contributed by atoms with E-state index in [9.17, 15) is 9.18 Å². The first kappa shape index (κ1) is 12.6. The van der Waals surface area contributed by atoms with Crippen LogP contribution in [-0.2, 0) is 9.53 Å². The fourth-order valence-electron chi connectivity index (χ4n) is 1.57. The van der Waals surface area contributed by atoms with Crippen molar-refractivity contribution in [1.29, 1.82) is 0 Å². The van der Waals surface area contributed by atoms with Crippen molar-refractivity contribution < 1.29 is 13.9 Å². The Morgan fingerprint density at radius 2 is 1.94 bits per heavy atom. The number of aryl methyl sites for hydroxylation is 2. The fourth-order valence-corrected chi connectivity index (χ4v) is 1.57. The second kappa shape index (κ2) is 5.07. The van der Waals surface area contributed by atoms with Crippen LogP contribution in [0.2, 0.25) is 0 Å². The highest BCUT2D eigenvalue weighted by atomic mass is 19.1. The summed E-state index contributed by atoms with van der Waals surface area (Å²) in [7, 11) is 1.32. The van der Waals surface area contributed by atoms with Gasteiger partial charge in [0.2, 0.25) is 0 Å². The second-order valence-electron chi connectivity index (χ2n) is 3.86. The Labute approximate surface area is 94.4 Å². The number of rotatable bonds is 3. The van der Waals surface area contributed by atoms with Crippen LogP contribution in [0.3, 0.4) is 0 Å². The van der Waals surface area contributed by atoms with E-state index in [0.717, 1.165) is 5.56 Å². The normalized spacial score (nSPS) is 12.3. The van der Waals surface area contributed by atoms with Crippen LogP contribution in [0.25, 0.3) is 0 Å². The van der Waals surface area contributed by atoms with E-state index in [1.54, 1.807) is 26.0 Å². The first-order valence-electron chi connectivity index (χ1n) is 5.04. The largest absolute Gasteiger partial charge is 0.469 e. The summed E-state index contributed by atoms with van der Waals surface area (Å²) >= 11 is 0. The van der Waals surface area contributed by atoms with Gasteiger partial charge in [0.25, 0.3) is 0 Å². The topological polar surface area (TPSA) is 52.3 Å². The minimum Gasteiger partial charge on any atom is -0.469 e. The van der Waals surface area contributed by atoms with E-state index in [1.807, 2.05) is 0 Å². The molecule has 1 rings (SSSR count). The van der Waals surface area contributed by atoms with E-state index in [2.05, 4.69) is 4.74 Å². The van der Waals surface area contributed by atoms with Crippen molar-refractivity contribution in [1.82, 2.24) is 0 Å². The standard InChI is InChI=1S/C12H16FNO2/c1-7-4-9(5-8(2)12(7)13)10(14)6-11(15)16-3/h4-5,10H,6,14H2,1-3H3. The number of benzene rings is 1. The Morgan fingerprint density at radius 1 is 1.44 bits per heavy atom. The van der Waals surface area contributed by atoms with Gasteiger partial charge in [0, 0.05) is 6.04 Å². The molecule has 0 aromatic heterocycles. The Bertz CT molecular complexity index is 381. The zero-order valence-corrected chi connectivity index (χ0v) is 9.71. The van der Waals surface area contributed by atoms with Gasteiger partial charge in [-0.15, -0.1) is 0 Å². The molecule has 0 fully saturated rings. The summed E-state index contributed by atoms with van der Waals surface area (Å²) in [5, 5.41) is 0. The number of halogens is 1. The van der Waals surface area contributed by atoms with Gasteiger partial charge in [-0.1, -0.05) is 12.1 Å². The molecular formula is C12H16FNO2. The van der Waals surface area contributed by atoms with Crippen LogP contribution in [-0.4, -0.2) is 13.1 Å². The number of nitrogens with two attached hydrogens (primary N) is 1. The number of methoxy groups -OCH3 is 1. The molecule has 0 heterocycles. The molecule has 1 atom stereocenters. The van der Waals surface area contributed by atoms with Gasteiger partial charge in [-0.2, -0.15) is 0 Å². The zero-order valence-electron chi connectivity index (χ0n) is 9.71. The molecule has 0 aliphatic carbocycles. The third-order valence-corrected chi connectivity index (χ3v) is 2.50. The van der Waals surface area contributed by atoms with E-state index >= 15 is 0 Å². The van der Waals surface area contributed by atoms with Crippen LogP contribution in [0, 0.1) is 19.7 Å². The smallest absolute Gasteiger partial charge is 0.307 e. The monoisotopic (exact) mass is 225 g/mol. The van der Waals surface area contributed by atoms with Crippen molar-refractivity contribution in [2.75, 3.05) is 7.11 Å². The predicted molar refractivity (Wildman–Crippen MR) is 59.4 cm³/mol. The first-order valence-corrected chi connectivity index (χ1v) is 5.04. The van der Waals surface area contributed by atoms with Gasteiger partial charge < -0.3 is 10.5 Å². The summed E-state index contributed by atoms with van der Waals surface area (Å²) in [5.74, 6) is -0.596. The van der Waals surface area contributed by atoms with Gasteiger partial charge in [0.1, 0.15) is 5.82 Å². The van der Waals surface area contributed by atoms with Crippen molar-refractivity contribution in [3.63, 3.8) is 0 Å². The molecule has 0 saturated heterocycles. The Hall–Kier alpha value is -1.42. The van der Waals surface area contributed by atoms with Crippen LogP contribution in [0.1, 0.15) is 29.2 Å². The quantitative estimate of drug-likeness (QED) is 0.800. The lowest BCUT2D eigenvalue weighted by atomic mass is 9.99. The number of carbonyl (C=O) groups is 1. The van der Waals surface area contributed by atoms with Gasteiger partial charge in [0.05, 0.1) is 13.5 Å². The molecular weight excluding hydrogens is 209 g/mol. The van der Waals surface area contributed by atoms with E-state index in [1.165, 1.54) is 7.11 Å². The van der Waals surface area contributed by atoms with Crippen molar-refractivity contribution >= 4 is 5.97 Å². The van der Waals surface area contributed by atoms with Crippen LogP contribution in [0.5, 0.6) is 0 Å². The molecule has 2 N–H and O–H groups in total. The fraction of sp³-hybridized carbons (Fsp3) is 0.417. The maximum absolute atomic E-state index is 13.4. The van der Waals surface area contributed by atoms with Crippen LogP contribution in [0.4, 0.5) is 4.39 Å². The summed E-state index contributed by atoms with van der Waals surface area (Å²) in [6, 6.07) is 2.87. The molecule has 1 unspecified atom stereocenters. The van der Waals surface area contributed by atoms with Gasteiger partial charge >= 0.3 is 5.97 Å². The van der Waals surface area contributed by atoms with Crippen molar-refractivity contribution in [2.24, 2.45) is 5.73 Å². The molecule has 0 saturated carbocycles. The summed E-state index contributed by atoms with van der Waals surface area (Å²) in [4.78, 5) is 11.1. The second-order valence-corrected chi connectivity index (χ2v) is 3.86. The summed E-state index contributed by atoms with van der Waals surface area (Å²) < 4.78 is 17.9. The van der Waals surface area contributed by atoms with Gasteiger partial charge in [-0.25, -0.2) is 4.39 Å². The van der Waals surface area contributed by atoms with Gasteiger partial charge in [-0.05, 0) is 30.5 Å². The summed E-state index contributed by atoms with van der Waals surface area (Å²) in [6.45, 7) is 3.35. The molecule has 88 valence electrons. The maximum atomic E-state index is 13.4. The Morgan fingerprint density at radius 3 is 2.38 bits per heavy atom. The average Bonchev–Trinajstić information content (AvgIpc) is 2.24. The van der Waals surface area contributed by atoms with E-state index < -0.39 is 6.04 Å². The molecule has 0 spiro atoms. The highest BCUT2D eigenvalue weighted by Crippen LogP contribution is 2.20. The van der Waals surface area contributed by atoms with Gasteiger partial charge in [0.15, 0.2) is 0 Å². The molecule has 0 aliphatic rings. The molecule has 1 aromatic rings. The number of esters is 1. The third-order valence-electron chi connectivity index (χ3n) is 2.50. The minimum atomic E-state index is -0.453. The molecule has 16 heavy (non-hydrogen) atoms. The molecule has 3 nitrogen and oxygen atoms in total. The predicted octanol–water partition coefficient (Wildman–Crippen LogP) is 2.01. The Balaban J connectivity index is 2.92. The molecule has 0 bridgehead atoms. The number of ether oxygens (including phenoxy) is 1. The van der Waals surface area contributed by atoms with E-state index in [4.69, 9.17) is 5.73 Å². The highest BCUT2D eigenvalue weighted by molar-refractivity contribution is 5.70. The third kappa shape index (κ3) is 2.79. The maximum Gasteiger partial charge on any atom is 0.307 e. The van der Waals surface area contributed by atoms with Crippen molar-refractivity contribution in [3.8, 4) is 0 Å². The Kier molecular flexibility index (Phi) is 4.01. The van der Waals surface area contributed by atoms with Crippen LogP contribution >= 0.6 is 0 Å². The minimum absolute atomic E-state index is 0.0982. The average molecular weight is 225 g/mol. The molecule has 0 aliphatic heterocycles. The molecule has 0 amide bonds. The number of hydrogen-bond acceptors (Lipinski definition) is 3. The van der Waals surface area contributed by atoms with E-state index in [0.29, 0.717) is 11.1 Å². The SMILES string of the molecule is COC(=O)CC(N)c1cc(C)c(F)c(C)c1.